The fourth-order valence-electron chi connectivity index (χ4n) is 4.49. The number of halogens is 2. The number of nitrogen functional groups attached to an aromatic ring is 1. The molecule has 0 radical (unpaired) electrons. The maximum atomic E-state index is 13.3. The molecule has 40 heavy (non-hydrogen) atoms. The first kappa shape index (κ1) is 27.4. The third-order valence-electron chi connectivity index (χ3n) is 6.61. The van der Waals surface area contributed by atoms with Gasteiger partial charge in [-0.1, -0.05) is 41.0 Å². The van der Waals surface area contributed by atoms with Crippen molar-refractivity contribution in [1.82, 2.24) is 4.98 Å². The summed E-state index contributed by atoms with van der Waals surface area (Å²) >= 11 is 13.3. The van der Waals surface area contributed by atoms with E-state index in [1.165, 1.54) is 36.4 Å². The average Bonchev–Trinajstić information content (AvgIpc) is 3.73. The van der Waals surface area contributed by atoms with E-state index in [-0.39, 0.29) is 40.1 Å². The maximum absolute atomic E-state index is 13.3. The molecule has 1 aromatic heterocycles. The molecule has 2 aliphatic rings. The molecule has 0 bridgehead atoms. The molecule has 2 fully saturated rings. The van der Waals surface area contributed by atoms with Crippen LogP contribution < -0.4 is 10.6 Å². The Hall–Kier alpha value is -4.15. The van der Waals surface area contributed by atoms with Gasteiger partial charge in [0.05, 0.1) is 22.1 Å². The number of nitrogens with zero attached hydrogens (tertiary/aromatic N) is 4. The largest absolute Gasteiger partial charge is 0.383 e. The molecule has 1 aliphatic heterocycles. The molecule has 0 spiro atoms. The van der Waals surface area contributed by atoms with Gasteiger partial charge in [0.15, 0.2) is 5.78 Å². The number of aromatic nitrogens is 1. The number of hydrogen-bond acceptors (Lipinski definition) is 8. The molecule has 5 rings (SSSR count). The van der Waals surface area contributed by atoms with Crippen molar-refractivity contribution in [3.05, 3.63) is 86.4 Å². The Kier molecular flexibility index (Phi) is 7.64. The van der Waals surface area contributed by atoms with E-state index >= 15 is 0 Å². The van der Waals surface area contributed by atoms with E-state index in [9.17, 15) is 24.9 Å². The Morgan fingerprint density at radius 1 is 1.05 bits per heavy atom. The SMILES string of the molecule is N#Cc1c(N)nc(S[C@H]2CC(=O)N(c3ccc(C(=O)/C=C/c4c(Cl)cccc4Cl)cc3)C2=O)c(C#N)c1C1CC1. The van der Waals surface area contributed by atoms with Gasteiger partial charge in [-0.15, -0.1) is 0 Å². The number of amides is 2. The fraction of sp³-hybridized carbons (Fsp3) is 0.172. The molecule has 1 saturated heterocycles. The molecule has 198 valence electrons. The fourth-order valence-corrected chi connectivity index (χ4v) is 6.14. The zero-order valence-corrected chi connectivity index (χ0v) is 23.1. The maximum Gasteiger partial charge on any atom is 0.247 e. The van der Waals surface area contributed by atoms with E-state index in [1.54, 1.807) is 18.2 Å². The average molecular weight is 588 g/mol. The van der Waals surface area contributed by atoms with Gasteiger partial charge in [-0.25, -0.2) is 9.88 Å². The predicted octanol–water partition coefficient (Wildman–Crippen LogP) is 5.91. The Morgan fingerprint density at radius 3 is 2.30 bits per heavy atom. The summed E-state index contributed by atoms with van der Waals surface area (Å²) in [5.74, 6) is -1.13. The molecule has 0 unspecified atom stereocenters. The summed E-state index contributed by atoms with van der Waals surface area (Å²) < 4.78 is 0. The topological polar surface area (TPSA) is 141 Å². The molecule has 2 N–H and O–H groups in total. The van der Waals surface area contributed by atoms with E-state index < -0.39 is 17.1 Å². The van der Waals surface area contributed by atoms with E-state index in [2.05, 4.69) is 11.1 Å². The molecule has 8 nitrogen and oxygen atoms in total. The van der Waals surface area contributed by atoms with Crippen LogP contribution in [0.25, 0.3) is 6.08 Å². The highest BCUT2D eigenvalue weighted by Gasteiger charge is 2.42. The van der Waals surface area contributed by atoms with Crippen molar-refractivity contribution in [1.29, 1.82) is 10.5 Å². The number of rotatable bonds is 7. The minimum atomic E-state index is -0.823. The zero-order chi connectivity index (χ0) is 28.6. The molecular weight excluding hydrogens is 569 g/mol. The quantitative estimate of drug-likeness (QED) is 0.204. The molecule has 2 aromatic carbocycles. The molecule has 1 aliphatic carbocycles. The molecule has 1 atom stereocenters. The Balaban J connectivity index is 1.34. The van der Waals surface area contributed by atoms with Gasteiger partial charge < -0.3 is 5.73 Å². The normalized spacial score (nSPS) is 16.8. The van der Waals surface area contributed by atoms with Crippen molar-refractivity contribution in [2.24, 2.45) is 0 Å². The number of pyridine rings is 1. The lowest BCUT2D eigenvalue weighted by Crippen LogP contribution is -2.31. The number of ketones is 1. The van der Waals surface area contributed by atoms with Gasteiger partial charge in [-0.3, -0.25) is 14.4 Å². The molecule has 3 aromatic rings. The minimum Gasteiger partial charge on any atom is -0.383 e. The summed E-state index contributed by atoms with van der Waals surface area (Å²) in [4.78, 5) is 44.1. The number of carbonyl (C=O) groups is 3. The lowest BCUT2D eigenvalue weighted by atomic mass is 10.0. The van der Waals surface area contributed by atoms with Crippen LogP contribution in [0, 0.1) is 22.7 Å². The second kappa shape index (κ2) is 11.1. The van der Waals surface area contributed by atoms with Gasteiger partial charge in [0, 0.05) is 27.6 Å². The third-order valence-corrected chi connectivity index (χ3v) is 8.44. The lowest BCUT2D eigenvalue weighted by molar-refractivity contribution is -0.121. The summed E-state index contributed by atoms with van der Waals surface area (Å²) in [5.41, 5.74) is 8.20. The van der Waals surface area contributed by atoms with Crippen molar-refractivity contribution in [3.8, 4) is 12.1 Å². The number of thioether (sulfide) groups is 1. The number of nitriles is 2. The van der Waals surface area contributed by atoms with Crippen molar-refractivity contribution in [2.45, 2.75) is 35.5 Å². The van der Waals surface area contributed by atoms with Gasteiger partial charge >= 0.3 is 0 Å². The van der Waals surface area contributed by atoms with E-state index in [0.29, 0.717) is 32.4 Å². The highest BCUT2D eigenvalue weighted by Crippen LogP contribution is 2.47. The highest BCUT2D eigenvalue weighted by molar-refractivity contribution is 8.00. The van der Waals surface area contributed by atoms with Crippen LogP contribution in [-0.2, 0) is 9.59 Å². The standard InChI is InChI=1S/C29H19Cl2N5O3S/c30-21-2-1-3-22(31)18(21)10-11-23(37)15-6-8-17(9-7-15)36-25(38)12-24(29(36)39)40-28-20(14-33)26(16-4-5-16)19(13-32)27(34)35-28/h1-3,6-11,16,24H,4-5,12H2,(H2,34,35)/b11-10+/t24-/m0/s1. The Bertz CT molecular complexity index is 1670. The van der Waals surface area contributed by atoms with Gasteiger partial charge in [0.1, 0.15) is 23.0 Å². The van der Waals surface area contributed by atoms with Crippen molar-refractivity contribution in [2.75, 3.05) is 10.6 Å². The first-order valence-electron chi connectivity index (χ1n) is 12.2. The lowest BCUT2D eigenvalue weighted by Gasteiger charge is -2.16. The molecule has 2 amide bonds. The highest BCUT2D eigenvalue weighted by atomic mass is 35.5. The summed E-state index contributed by atoms with van der Waals surface area (Å²) in [7, 11) is 0. The van der Waals surface area contributed by atoms with Crippen LogP contribution in [0.2, 0.25) is 10.0 Å². The van der Waals surface area contributed by atoms with E-state index in [1.807, 2.05) is 6.07 Å². The molecular formula is C29H19Cl2N5O3S. The molecule has 1 saturated carbocycles. The smallest absolute Gasteiger partial charge is 0.247 e. The summed E-state index contributed by atoms with van der Waals surface area (Å²) in [5, 5.41) is 19.6. The van der Waals surface area contributed by atoms with Gasteiger partial charge in [0.2, 0.25) is 11.8 Å². The second-order valence-electron chi connectivity index (χ2n) is 9.22. The number of nitrogens with two attached hydrogens (primary N) is 1. The summed E-state index contributed by atoms with van der Waals surface area (Å²) in [6.07, 6.45) is 4.46. The van der Waals surface area contributed by atoms with Crippen LogP contribution in [0.3, 0.4) is 0 Å². The summed E-state index contributed by atoms with van der Waals surface area (Å²) in [6.45, 7) is 0. The van der Waals surface area contributed by atoms with Gasteiger partial charge in [0.25, 0.3) is 0 Å². The van der Waals surface area contributed by atoms with Crippen molar-refractivity contribution in [3.63, 3.8) is 0 Å². The molecule has 11 heteroatoms. The zero-order valence-electron chi connectivity index (χ0n) is 20.7. The van der Waals surface area contributed by atoms with Crippen LogP contribution in [0.1, 0.15) is 57.8 Å². The van der Waals surface area contributed by atoms with Crippen molar-refractivity contribution >= 4 is 70.1 Å². The monoisotopic (exact) mass is 587 g/mol. The van der Waals surface area contributed by atoms with E-state index in [4.69, 9.17) is 28.9 Å². The number of benzene rings is 2. The number of carbonyl (C=O) groups excluding carboxylic acids is 3. The number of allylic oxidation sites excluding steroid dienone is 1. The van der Waals surface area contributed by atoms with Gasteiger partial charge in [-0.05, 0) is 72.9 Å². The van der Waals surface area contributed by atoms with Crippen LogP contribution in [0.4, 0.5) is 11.5 Å². The Morgan fingerprint density at radius 2 is 1.70 bits per heavy atom. The van der Waals surface area contributed by atoms with Crippen LogP contribution in [-0.4, -0.2) is 27.8 Å². The summed E-state index contributed by atoms with van der Waals surface area (Å²) in [6, 6.07) is 15.3. The van der Waals surface area contributed by atoms with Crippen LogP contribution >= 0.6 is 35.0 Å². The minimum absolute atomic E-state index is 0.00522. The Labute approximate surface area is 244 Å². The number of hydrogen-bond donors (Lipinski definition) is 1. The number of imide groups is 1. The van der Waals surface area contributed by atoms with Crippen molar-refractivity contribution < 1.29 is 14.4 Å². The van der Waals surface area contributed by atoms with E-state index in [0.717, 1.165) is 29.5 Å². The second-order valence-corrected chi connectivity index (χ2v) is 11.2. The first-order chi connectivity index (χ1) is 19.2. The first-order valence-corrected chi connectivity index (χ1v) is 13.8. The van der Waals surface area contributed by atoms with Crippen LogP contribution in [0.15, 0.2) is 53.6 Å². The van der Waals surface area contributed by atoms with Crippen LogP contribution in [0.5, 0.6) is 0 Å². The number of anilines is 2. The van der Waals surface area contributed by atoms with Gasteiger partial charge in [-0.2, -0.15) is 10.5 Å². The molecule has 2 heterocycles. The predicted molar refractivity (Wildman–Crippen MR) is 153 cm³/mol. The third kappa shape index (κ3) is 5.20.